The van der Waals surface area contributed by atoms with E-state index in [1.807, 2.05) is 0 Å². The van der Waals surface area contributed by atoms with Gasteiger partial charge in [-0.2, -0.15) is 13.2 Å². The second kappa shape index (κ2) is 8.91. The number of nitrogens with zero attached hydrogens (tertiary/aromatic N) is 1. The molecule has 0 spiro atoms. The average molecular weight is 481 g/mol. The summed E-state index contributed by atoms with van der Waals surface area (Å²) >= 11 is 7.13. The van der Waals surface area contributed by atoms with E-state index in [1.54, 1.807) is 29.2 Å². The van der Waals surface area contributed by atoms with Crippen LogP contribution in [0.25, 0.3) is 0 Å². The van der Waals surface area contributed by atoms with Crippen LogP contribution < -0.4 is 5.32 Å². The molecule has 0 aliphatic carbocycles. The Hall–Kier alpha value is -2.91. The molecule has 1 saturated heterocycles. The Labute approximate surface area is 190 Å². The first-order chi connectivity index (χ1) is 15.2. The maximum Gasteiger partial charge on any atom is 0.418 e. The van der Waals surface area contributed by atoms with Gasteiger partial charge < -0.3 is 14.6 Å². The third-order valence-corrected chi connectivity index (χ3v) is 6.36. The number of furan rings is 1. The molecule has 0 unspecified atom stereocenters. The molecule has 3 aromatic rings. The number of anilines is 1. The highest BCUT2D eigenvalue weighted by Crippen LogP contribution is 2.40. The van der Waals surface area contributed by atoms with Gasteiger partial charge in [0.25, 0.3) is 5.91 Å². The third-order valence-electron chi connectivity index (χ3n) is 4.87. The fraction of sp³-hybridized carbons (Fsp3) is 0.182. The van der Waals surface area contributed by atoms with Crippen LogP contribution in [0.5, 0.6) is 0 Å². The first-order valence-electron chi connectivity index (χ1n) is 9.44. The van der Waals surface area contributed by atoms with Crippen molar-refractivity contribution in [2.75, 3.05) is 11.1 Å². The van der Waals surface area contributed by atoms with Crippen LogP contribution in [-0.2, 0) is 17.5 Å². The van der Waals surface area contributed by atoms with E-state index in [2.05, 4.69) is 5.32 Å². The summed E-state index contributed by atoms with van der Waals surface area (Å²) in [5.41, 5.74) is -0.419. The number of thioether (sulfide) groups is 1. The average Bonchev–Trinajstić information content (AvgIpc) is 3.39. The predicted octanol–water partition coefficient (Wildman–Crippen LogP) is 5.98. The lowest BCUT2D eigenvalue weighted by Crippen LogP contribution is -2.27. The first-order valence-corrected chi connectivity index (χ1v) is 10.9. The molecule has 1 fully saturated rings. The summed E-state index contributed by atoms with van der Waals surface area (Å²) in [6.07, 6.45) is -3.13. The maximum atomic E-state index is 13.3. The Morgan fingerprint density at radius 3 is 2.59 bits per heavy atom. The van der Waals surface area contributed by atoms with E-state index in [0.29, 0.717) is 18.1 Å². The Morgan fingerprint density at radius 2 is 1.94 bits per heavy atom. The Kier molecular flexibility index (Phi) is 6.21. The molecule has 10 heteroatoms. The molecule has 2 aromatic carbocycles. The molecular formula is C22H16ClF3N2O3S. The second-order valence-corrected chi connectivity index (χ2v) is 8.53. The van der Waals surface area contributed by atoms with Crippen molar-refractivity contribution in [3.63, 3.8) is 0 Å². The summed E-state index contributed by atoms with van der Waals surface area (Å²) in [7, 11) is 0. The van der Waals surface area contributed by atoms with E-state index < -0.39 is 17.6 Å². The zero-order valence-corrected chi connectivity index (χ0v) is 17.9. The largest absolute Gasteiger partial charge is 0.467 e. The van der Waals surface area contributed by atoms with E-state index in [-0.39, 0.29) is 27.6 Å². The summed E-state index contributed by atoms with van der Waals surface area (Å²) in [5.74, 6) is 0.266. The molecule has 1 atom stereocenters. The molecule has 1 aliphatic heterocycles. The van der Waals surface area contributed by atoms with Crippen molar-refractivity contribution in [3.8, 4) is 0 Å². The number of amides is 2. The van der Waals surface area contributed by atoms with Crippen LogP contribution in [0.1, 0.15) is 32.6 Å². The van der Waals surface area contributed by atoms with Gasteiger partial charge in [-0.05, 0) is 48.0 Å². The molecule has 4 rings (SSSR count). The highest BCUT2D eigenvalue weighted by atomic mass is 35.5. The number of hydrogen-bond acceptors (Lipinski definition) is 4. The third kappa shape index (κ3) is 4.78. The summed E-state index contributed by atoms with van der Waals surface area (Å²) in [6.45, 7) is 0.322. The summed E-state index contributed by atoms with van der Waals surface area (Å²) < 4.78 is 45.1. The number of halogens is 4. The molecule has 1 aliphatic rings. The Morgan fingerprint density at radius 1 is 1.19 bits per heavy atom. The molecule has 0 bridgehead atoms. The standard InChI is InChI=1S/C22H16ClF3N2O3S/c23-15-7-8-18(17(10-15)22(24,25)26)27-20(30)13-3-5-14(6-4-13)21-28(19(29)12-32-21)11-16-2-1-9-31-16/h1-10,21H,11-12H2,(H,27,30)/t21-/m1/s1. The minimum atomic E-state index is -4.67. The van der Waals surface area contributed by atoms with E-state index >= 15 is 0 Å². The van der Waals surface area contributed by atoms with Gasteiger partial charge in [0.2, 0.25) is 5.91 Å². The molecule has 166 valence electrons. The quantitative estimate of drug-likeness (QED) is 0.488. The van der Waals surface area contributed by atoms with Crippen LogP contribution in [0.3, 0.4) is 0 Å². The van der Waals surface area contributed by atoms with Crippen molar-refractivity contribution in [2.45, 2.75) is 18.1 Å². The van der Waals surface area contributed by atoms with Gasteiger partial charge in [0.15, 0.2) is 0 Å². The zero-order chi connectivity index (χ0) is 22.9. The van der Waals surface area contributed by atoms with E-state index in [1.165, 1.54) is 36.2 Å². The molecule has 2 amide bonds. The number of carbonyl (C=O) groups excluding carboxylic acids is 2. The fourth-order valence-corrected chi connectivity index (χ4v) is 4.69. The van der Waals surface area contributed by atoms with Crippen LogP contribution in [0.2, 0.25) is 5.02 Å². The van der Waals surface area contributed by atoms with E-state index in [4.69, 9.17) is 16.0 Å². The Bertz CT molecular complexity index is 1130. The molecule has 5 nitrogen and oxygen atoms in total. The van der Waals surface area contributed by atoms with Gasteiger partial charge >= 0.3 is 6.18 Å². The number of nitrogens with one attached hydrogen (secondary N) is 1. The van der Waals surface area contributed by atoms with E-state index in [0.717, 1.165) is 17.7 Å². The zero-order valence-electron chi connectivity index (χ0n) is 16.4. The van der Waals surface area contributed by atoms with Gasteiger partial charge in [0.1, 0.15) is 11.1 Å². The highest BCUT2D eigenvalue weighted by molar-refractivity contribution is 8.00. The van der Waals surface area contributed by atoms with Crippen molar-refractivity contribution >= 4 is 40.9 Å². The van der Waals surface area contributed by atoms with Crippen molar-refractivity contribution < 1.29 is 27.2 Å². The van der Waals surface area contributed by atoms with Gasteiger partial charge in [-0.1, -0.05) is 23.7 Å². The summed E-state index contributed by atoms with van der Waals surface area (Å²) in [4.78, 5) is 26.5. The van der Waals surface area contributed by atoms with Gasteiger partial charge in [0, 0.05) is 10.6 Å². The van der Waals surface area contributed by atoms with Crippen molar-refractivity contribution in [1.82, 2.24) is 4.90 Å². The molecular weight excluding hydrogens is 465 g/mol. The van der Waals surface area contributed by atoms with E-state index in [9.17, 15) is 22.8 Å². The Balaban J connectivity index is 1.50. The maximum absolute atomic E-state index is 13.3. The normalized spacial score (nSPS) is 16.4. The lowest BCUT2D eigenvalue weighted by molar-refractivity contribution is -0.137. The monoisotopic (exact) mass is 480 g/mol. The number of benzene rings is 2. The lowest BCUT2D eigenvalue weighted by atomic mass is 10.1. The molecule has 2 heterocycles. The summed E-state index contributed by atoms with van der Waals surface area (Å²) in [6, 6.07) is 13.1. The molecule has 0 radical (unpaired) electrons. The number of rotatable bonds is 5. The SMILES string of the molecule is O=C(Nc1ccc(Cl)cc1C(F)(F)F)c1ccc([C@H]2SCC(=O)N2Cc2ccco2)cc1. The molecule has 1 aromatic heterocycles. The minimum absolute atomic E-state index is 0.0272. The van der Waals surface area contributed by atoms with Gasteiger partial charge in [-0.3, -0.25) is 9.59 Å². The van der Waals surface area contributed by atoms with Gasteiger partial charge in [0.05, 0.1) is 29.8 Å². The first kappa shape index (κ1) is 22.3. The number of carbonyl (C=O) groups is 2. The van der Waals surface area contributed by atoms with Crippen molar-refractivity contribution in [2.24, 2.45) is 0 Å². The van der Waals surface area contributed by atoms with Gasteiger partial charge in [-0.25, -0.2) is 0 Å². The van der Waals surface area contributed by atoms with Crippen LogP contribution >= 0.6 is 23.4 Å². The molecule has 32 heavy (non-hydrogen) atoms. The highest BCUT2D eigenvalue weighted by Gasteiger charge is 2.35. The second-order valence-electron chi connectivity index (χ2n) is 7.03. The predicted molar refractivity (Wildman–Crippen MR) is 115 cm³/mol. The van der Waals surface area contributed by atoms with Gasteiger partial charge in [-0.15, -0.1) is 11.8 Å². The smallest absolute Gasteiger partial charge is 0.418 e. The lowest BCUT2D eigenvalue weighted by Gasteiger charge is -2.23. The van der Waals surface area contributed by atoms with Crippen molar-refractivity contribution in [1.29, 1.82) is 0 Å². The minimum Gasteiger partial charge on any atom is -0.467 e. The van der Waals surface area contributed by atoms with Crippen LogP contribution in [0.4, 0.5) is 18.9 Å². The van der Waals surface area contributed by atoms with Crippen LogP contribution in [0, 0.1) is 0 Å². The summed E-state index contributed by atoms with van der Waals surface area (Å²) in [5, 5.41) is 1.96. The number of hydrogen-bond donors (Lipinski definition) is 1. The van der Waals surface area contributed by atoms with Crippen molar-refractivity contribution in [3.05, 3.63) is 88.3 Å². The number of alkyl halides is 3. The van der Waals surface area contributed by atoms with Crippen LogP contribution in [-0.4, -0.2) is 22.5 Å². The van der Waals surface area contributed by atoms with Crippen LogP contribution in [0.15, 0.2) is 65.3 Å². The molecule has 1 N–H and O–H groups in total. The topological polar surface area (TPSA) is 62.6 Å². The fourth-order valence-electron chi connectivity index (χ4n) is 3.33. The molecule has 0 saturated carbocycles.